The number of imidazole rings is 1. The highest BCUT2D eigenvalue weighted by atomic mass is 32.1. The maximum atomic E-state index is 13.1. The van der Waals surface area contributed by atoms with E-state index in [9.17, 15) is 18.0 Å². The van der Waals surface area contributed by atoms with Crippen LogP contribution in [0.15, 0.2) is 48.0 Å². The van der Waals surface area contributed by atoms with E-state index in [0.717, 1.165) is 28.7 Å². The zero-order chi connectivity index (χ0) is 23.6. The summed E-state index contributed by atoms with van der Waals surface area (Å²) in [5.41, 5.74) is 1.95. The van der Waals surface area contributed by atoms with Crippen LogP contribution in [0, 0.1) is 0 Å². The topological polar surface area (TPSA) is 68.5 Å². The Hall–Kier alpha value is -3.66. The average molecular weight is 472 g/mol. The number of pyridine rings is 1. The fraction of sp³-hybridized carbons (Fsp3) is 0.174. The van der Waals surface area contributed by atoms with Gasteiger partial charge >= 0.3 is 6.18 Å². The highest BCUT2D eigenvalue weighted by Crippen LogP contribution is 2.32. The van der Waals surface area contributed by atoms with Crippen LogP contribution in [0.1, 0.15) is 39.9 Å². The predicted molar refractivity (Wildman–Crippen MR) is 122 cm³/mol. The molecule has 0 saturated carbocycles. The van der Waals surface area contributed by atoms with Crippen LogP contribution in [0.25, 0.3) is 17.8 Å². The number of fused-ring (bicyclic) bond motifs is 1. The first-order chi connectivity index (χ1) is 15.8. The van der Waals surface area contributed by atoms with Gasteiger partial charge in [-0.1, -0.05) is 31.2 Å². The van der Waals surface area contributed by atoms with Gasteiger partial charge in [0.25, 0.3) is 5.91 Å². The normalized spacial score (nSPS) is 11.9. The van der Waals surface area contributed by atoms with Crippen molar-refractivity contribution in [3.05, 3.63) is 76.2 Å². The highest BCUT2D eigenvalue weighted by molar-refractivity contribution is 7.14. The molecule has 10 heteroatoms. The van der Waals surface area contributed by atoms with Gasteiger partial charge in [0.05, 0.1) is 12.8 Å². The lowest BCUT2D eigenvalue weighted by molar-refractivity contribution is -0.140. The molecule has 0 bridgehead atoms. The number of benzene rings is 1. The molecular formula is C23H19F3N4O2S. The second-order valence-electron chi connectivity index (χ2n) is 6.98. The molecule has 0 saturated heterocycles. The van der Waals surface area contributed by atoms with Crippen LogP contribution in [0.4, 0.5) is 18.3 Å². The minimum Gasteiger partial charge on any atom is -0.496 e. The number of nitrogens with one attached hydrogen (secondary N) is 1. The van der Waals surface area contributed by atoms with Crippen molar-refractivity contribution in [2.24, 2.45) is 0 Å². The van der Waals surface area contributed by atoms with E-state index in [4.69, 9.17) is 4.74 Å². The van der Waals surface area contributed by atoms with Gasteiger partial charge in [-0.25, -0.2) is 9.97 Å². The number of aromatic nitrogens is 3. The molecule has 3 heterocycles. The van der Waals surface area contributed by atoms with Gasteiger partial charge < -0.3 is 4.74 Å². The number of carbonyl (C=O) groups excluding carboxylic acids is 1. The van der Waals surface area contributed by atoms with E-state index < -0.39 is 17.8 Å². The lowest BCUT2D eigenvalue weighted by Gasteiger charge is -2.09. The number of anilines is 1. The first kappa shape index (κ1) is 22.5. The van der Waals surface area contributed by atoms with E-state index in [2.05, 4.69) is 15.3 Å². The third kappa shape index (κ3) is 4.61. The number of rotatable bonds is 6. The lowest BCUT2D eigenvalue weighted by atomic mass is 10.0. The minimum atomic E-state index is -4.58. The summed E-state index contributed by atoms with van der Waals surface area (Å²) >= 11 is 0.708. The molecule has 0 unspecified atom stereocenters. The highest BCUT2D eigenvalue weighted by Gasteiger charge is 2.34. The molecule has 33 heavy (non-hydrogen) atoms. The molecule has 0 radical (unpaired) electrons. The molecular weight excluding hydrogens is 453 g/mol. The third-order valence-electron chi connectivity index (χ3n) is 4.95. The van der Waals surface area contributed by atoms with Gasteiger partial charge in [0.15, 0.2) is 10.8 Å². The predicted octanol–water partition coefficient (Wildman–Crippen LogP) is 5.80. The van der Waals surface area contributed by atoms with Crippen molar-refractivity contribution in [2.45, 2.75) is 19.5 Å². The number of alkyl halides is 3. The Bertz CT molecular complexity index is 1340. The molecule has 0 fully saturated rings. The summed E-state index contributed by atoms with van der Waals surface area (Å²) in [5, 5.41) is 3.18. The number of thiazole rings is 1. The summed E-state index contributed by atoms with van der Waals surface area (Å²) in [7, 11) is 1.61. The molecule has 0 aliphatic carbocycles. The summed E-state index contributed by atoms with van der Waals surface area (Å²) in [6.45, 7) is 2.02. The summed E-state index contributed by atoms with van der Waals surface area (Å²) in [5.74, 6) is 0.148. The van der Waals surface area contributed by atoms with Crippen LogP contribution in [-0.2, 0) is 12.6 Å². The largest absolute Gasteiger partial charge is 0.496 e. The van der Waals surface area contributed by atoms with E-state index in [1.165, 1.54) is 0 Å². The molecule has 0 aliphatic heterocycles. The Balaban J connectivity index is 1.72. The molecule has 6 nitrogen and oxygen atoms in total. The van der Waals surface area contributed by atoms with Crippen LogP contribution in [-0.4, -0.2) is 27.4 Å². The fourth-order valence-corrected chi connectivity index (χ4v) is 4.16. The number of amides is 1. The number of carbonyl (C=O) groups is 1. The van der Waals surface area contributed by atoms with E-state index in [1.54, 1.807) is 42.0 Å². The maximum absolute atomic E-state index is 13.1. The molecule has 1 amide bonds. The Morgan fingerprint density at radius 2 is 2.00 bits per heavy atom. The van der Waals surface area contributed by atoms with E-state index in [-0.39, 0.29) is 10.8 Å². The molecule has 3 aromatic heterocycles. The second-order valence-corrected chi connectivity index (χ2v) is 7.84. The molecule has 0 aliphatic rings. The fourth-order valence-electron chi connectivity index (χ4n) is 3.45. The summed E-state index contributed by atoms with van der Waals surface area (Å²) < 4.78 is 45.6. The maximum Gasteiger partial charge on any atom is 0.434 e. The second kappa shape index (κ2) is 9.07. The first-order valence-electron chi connectivity index (χ1n) is 9.97. The number of hydrogen-bond donors (Lipinski definition) is 1. The zero-order valence-corrected chi connectivity index (χ0v) is 18.5. The average Bonchev–Trinajstić information content (AvgIpc) is 3.41. The van der Waals surface area contributed by atoms with Gasteiger partial charge in [0.2, 0.25) is 0 Å². The number of halogens is 3. The third-order valence-corrected chi connectivity index (χ3v) is 5.71. The lowest BCUT2D eigenvalue weighted by Crippen LogP contribution is -2.16. The SMILES string of the molecule is CCc1c(C=Cc2nc3ccccn3c2C(=O)Nc2nc(C(F)(F)F)cs2)cccc1OC. The number of nitrogens with zero attached hydrogens (tertiary/aromatic N) is 3. The molecule has 4 aromatic rings. The number of hydrogen-bond acceptors (Lipinski definition) is 5. The standard InChI is InChI=1S/C23H19F3N4O2S/c1-3-15-14(7-6-8-17(15)32-2)10-11-16-20(30-12-5-4-9-19(30)27-16)21(31)29-22-28-18(13-33-22)23(24,25)26/h4-13H,3H2,1-2H3,(H,28,29,31). The molecule has 170 valence electrons. The Labute approximate surface area is 191 Å². The Kier molecular flexibility index (Phi) is 6.19. The van der Waals surface area contributed by atoms with Gasteiger partial charge in [-0.2, -0.15) is 13.2 Å². The molecule has 0 atom stereocenters. The molecule has 1 N–H and O–H groups in total. The molecule has 1 aromatic carbocycles. The molecule has 0 spiro atoms. The Morgan fingerprint density at radius 1 is 1.18 bits per heavy atom. The van der Waals surface area contributed by atoms with Crippen molar-refractivity contribution in [1.29, 1.82) is 0 Å². The van der Waals surface area contributed by atoms with Crippen molar-refractivity contribution in [2.75, 3.05) is 12.4 Å². The van der Waals surface area contributed by atoms with Crippen LogP contribution in [0.5, 0.6) is 5.75 Å². The van der Waals surface area contributed by atoms with Crippen LogP contribution >= 0.6 is 11.3 Å². The van der Waals surface area contributed by atoms with Crippen molar-refractivity contribution < 1.29 is 22.7 Å². The number of ether oxygens (including phenoxy) is 1. The smallest absolute Gasteiger partial charge is 0.434 e. The van der Waals surface area contributed by atoms with Gasteiger partial charge in [-0.3, -0.25) is 14.5 Å². The van der Waals surface area contributed by atoms with E-state index in [0.29, 0.717) is 22.7 Å². The van der Waals surface area contributed by atoms with Gasteiger partial charge in [0.1, 0.15) is 17.1 Å². The van der Waals surface area contributed by atoms with Crippen LogP contribution in [0.2, 0.25) is 0 Å². The van der Waals surface area contributed by atoms with E-state index >= 15 is 0 Å². The van der Waals surface area contributed by atoms with E-state index in [1.807, 2.05) is 31.2 Å². The van der Waals surface area contributed by atoms with Crippen LogP contribution in [0.3, 0.4) is 0 Å². The summed E-state index contributed by atoms with van der Waals surface area (Å²) in [6.07, 6.45) is 1.38. The van der Waals surface area contributed by atoms with Crippen molar-refractivity contribution >= 4 is 40.2 Å². The first-order valence-corrected chi connectivity index (χ1v) is 10.8. The van der Waals surface area contributed by atoms with Gasteiger partial charge in [-0.05, 0) is 36.3 Å². The Morgan fingerprint density at radius 3 is 2.70 bits per heavy atom. The zero-order valence-electron chi connectivity index (χ0n) is 17.7. The van der Waals surface area contributed by atoms with Crippen LogP contribution < -0.4 is 10.1 Å². The van der Waals surface area contributed by atoms with Crippen molar-refractivity contribution in [3.63, 3.8) is 0 Å². The monoisotopic (exact) mass is 472 g/mol. The minimum absolute atomic E-state index is 0.144. The number of methoxy groups -OCH3 is 1. The summed E-state index contributed by atoms with van der Waals surface area (Å²) in [6, 6.07) is 10.9. The summed E-state index contributed by atoms with van der Waals surface area (Å²) in [4.78, 5) is 21.1. The van der Waals surface area contributed by atoms with Crippen molar-refractivity contribution in [3.8, 4) is 5.75 Å². The van der Waals surface area contributed by atoms with Crippen molar-refractivity contribution in [1.82, 2.24) is 14.4 Å². The van der Waals surface area contributed by atoms with Gasteiger partial charge in [-0.15, -0.1) is 11.3 Å². The molecule has 4 rings (SSSR count). The quantitative estimate of drug-likeness (QED) is 0.385. The van der Waals surface area contributed by atoms with Gasteiger partial charge in [0, 0.05) is 17.1 Å².